The first-order chi connectivity index (χ1) is 14.3. The Balaban J connectivity index is 1.74. The van der Waals surface area contributed by atoms with Gasteiger partial charge in [-0.1, -0.05) is 19.1 Å². The molecule has 0 aliphatic heterocycles. The predicted octanol–water partition coefficient (Wildman–Crippen LogP) is 3.00. The van der Waals surface area contributed by atoms with Crippen LogP contribution in [-0.2, 0) is 21.2 Å². The number of aryl methyl sites for hydroxylation is 1. The van der Waals surface area contributed by atoms with Crippen molar-refractivity contribution in [1.82, 2.24) is 5.32 Å². The lowest BCUT2D eigenvalue weighted by Crippen LogP contribution is -2.32. The molecule has 30 heavy (non-hydrogen) atoms. The van der Waals surface area contributed by atoms with E-state index >= 15 is 0 Å². The van der Waals surface area contributed by atoms with E-state index in [-0.39, 0.29) is 18.9 Å². The molecule has 2 aromatic carbocycles. The molecule has 1 amide bonds. The van der Waals surface area contributed by atoms with Crippen LogP contribution in [0.25, 0.3) is 0 Å². The smallest absolute Gasteiger partial charge is 0.232 e. The maximum absolute atomic E-state index is 12.1. The number of sulfonamides is 1. The summed E-state index contributed by atoms with van der Waals surface area (Å²) < 4.78 is 36.3. The van der Waals surface area contributed by atoms with Gasteiger partial charge in [-0.15, -0.1) is 0 Å². The number of amides is 1. The minimum absolute atomic E-state index is 0.136. The van der Waals surface area contributed by atoms with Gasteiger partial charge in [-0.05, 0) is 54.8 Å². The highest BCUT2D eigenvalue weighted by molar-refractivity contribution is 7.92. The molecule has 0 aliphatic carbocycles. The molecule has 164 valence electrons. The second kappa shape index (κ2) is 11.4. The van der Waals surface area contributed by atoms with Gasteiger partial charge in [0.05, 0.1) is 25.6 Å². The first-order valence-electron chi connectivity index (χ1n) is 9.93. The van der Waals surface area contributed by atoms with Crippen LogP contribution >= 0.6 is 0 Å². The number of carbonyl (C=O) groups is 1. The zero-order valence-corrected chi connectivity index (χ0v) is 18.6. The Labute approximate surface area is 179 Å². The lowest BCUT2D eigenvalue weighted by Gasteiger charge is -2.22. The van der Waals surface area contributed by atoms with Crippen molar-refractivity contribution in [2.75, 3.05) is 37.4 Å². The Morgan fingerprint density at radius 1 is 1.03 bits per heavy atom. The fourth-order valence-electron chi connectivity index (χ4n) is 2.89. The minimum atomic E-state index is -3.45. The van der Waals surface area contributed by atoms with Gasteiger partial charge < -0.3 is 14.8 Å². The van der Waals surface area contributed by atoms with E-state index in [1.807, 2.05) is 24.3 Å². The molecule has 0 aromatic heterocycles. The van der Waals surface area contributed by atoms with Gasteiger partial charge in [-0.2, -0.15) is 0 Å². The van der Waals surface area contributed by atoms with Crippen molar-refractivity contribution in [2.45, 2.75) is 26.2 Å². The molecular formula is C22H30N2O5S. The summed E-state index contributed by atoms with van der Waals surface area (Å²) in [5, 5.41) is 2.79. The maximum atomic E-state index is 12.1. The van der Waals surface area contributed by atoms with Crippen molar-refractivity contribution >= 4 is 21.6 Å². The molecule has 1 N–H and O–H groups in total. The van der Waals surface area contributed by atoms with Gasteiger partial charge in [-0.3, -0.25) is 9.10 Å². The number of nitrogens with one attached hydrogen (secondary N) is 1. The first-order valence-corrected chi connectivity index (χ1v) is 11.8. The van der Waals surface area contributed by atoms with Crippen LogP contribution in [0.2, 0.25) is 0 Å². The molecule has 2 rings (SSSR count). The molecule has 0 aliphatic rings. The van der Waals surface area contributed by atoms with Gasteiger partial charge in [0.2, 0.25) is 15.9 Å². The highest BCUT2D eigenvalue weighted by atomic mass is 32.2. The van der Waals surface area contributed by atoms with E-state index in [0.29, 0.717) is 31.0 Å². The van der Waals surface area contributed by atoms with Gasteiger partial charge in [0, 0.05) is 13.0 Å². The quantitative estimate of drug-likeness (QED) is 0.519. The van der Waals surface area contributed by atoms with Crippen LogP contribution < -0.4 is 19.1 Å². The lowest BCUT2D eigenvalue weighted by atomic mass is 10.2. The number of benzene rings is 2. The topological polar surface area (TPSA) is 84.9 Å². The molecule has 0 bridgehead atoms. The molecule has 0 spiro atoms. The summed E-state index contributed by atoms with van der Waals surface area (Å²) in [7, 11) is -1.90. The summed E-state index contributed by atoms with van der Waals surface area (Å²) in [6.45, 7) is 3.08. The summed E-state index contributed by atoms with van der Waals surface area (Å²) in [4.78, 5) is 12.0. The molecule has 0 radical (unpaired) electrons. The van der Waals surface area contributed by atoms with Gasteiger partial charge >= 0.3 is 0 Å². The van der Waals surface area contributed by atoms with E-state index < -0.39 is 10.0 Å². The summed E-state index contributed by atoms with van der Waals surface area (Å²) in [5.41, 5.74) is 1.79. The molecule has 0 fully saturated rings. The monoisotopic (exact) mass is 434 g/mol. The molecule has 7 nitrogen and oxygen atoms in total. The van der Waals surface area contributed by atoms with Gasteiger partial charge in [-0.25, -0.2) is 8.42 Å². The molecular weight excluding hydrogens is 404 g/mol. The summed E-state index contributed by atoms with van der Waals surface area (Å²) in [5.74, 6) is 1.28. The van der Waals surface area contributed by atoms with Crippen molar-refractivity contribution in [1.29, 1.82) is 0 Å². The molecule has 0 atom stereocenters. The number of ether oxygens (including phenoxy) is 2. The highest BCUT2D eigenvalue weighted by Crippen LogP contribution is 2.22. The fraction of sp³-hybridized carbons (Fsp3) is 0.409. The van der Waals surface area contributed by atoms with E-state index in [9.17, 15) is 13.2 Å². The zero-order valence-electron chi connectivity index (χ0n) is 17.8. The number of nitrogens with zero attached hydrogens (tertiary/aromatic N) is 1. The highest BCUT2D eigenvalue weighted by Gasteiger charge is 2.17. The zero-order chi connectivity index (χ0) is 22.0. The van der Waals surface area contributed by atoms with Gasteiger partial charge in [0.15, 0.2) is 0 Å². The number of anilines is 1. The van der Waals surface area contributed by atoms with Crippen molar-refractivity contribution < 1.29 is 22.7 Å². The van der Waals surface area contributed by atoms with Gasteiger partial charge in [0.25, 0.3) is 0 Å². The van der Waals surface area contributed by atoms with E-state index in [1.165, 1.54) is 9.87 Å². The van der Waals surface area contributed by atoms with E-state index in [2.05, 4.69) is 12.2 Å². The average Bonchev–Trinajstić information content (AvgIpc) is 2.74. The van der Waals surface area contributed by atoms with Crippen LogP contribution in [0.15, 0.2) is 48.5 Å². The van der Waals surface area contributed by atoms with Crippen molar-refractivity contribution in [3.63, 3.8) is 0 Å². The number of carbonyl (C=O) groups excluding carboxylic acids is 1. The van der Waals surface area contributed by atoms with Crippen LogP contribution in [0.4, 0.5) is 5.69 Å². The molecule has 2 aromatic rings. The average molecular weight is 435 g/mol. The Morgan fingerprint density at radius 2 is 1.67 bits per heavy atom. The van der Waals surface area contributed by atoms with E-state index in [0.717, 1.165) is 18.4 Å². The first kappa shape index (κ1) is 23.5. The number of hydrogen-bond donors (Lipinski definition) is 1. The maximum Gasteiger partial charge on any atom is 0.232 e. The second-order valence-electron chi connectivity index (χ2n) is 6.83. The molecule has 0 saturated carbocycles. The van der Waals surface area contributed by atoms with E-state index in [1.54, 1.807) is 31.4 Å². The van der Waals surface area contributed by atoms with E-state index in [4.69, 9.17) is 9.47 Å². The Hall–Kier alpha value is -2.74. The minimum Gasteiger partial charge on any atom is -0.497 e. The fourth-order valence-corrected chi connectivity index (χ4v) is 3.85. The summed E-state index contributed by atoms with van der Waals surface area (Å²) >= 11 is 0. The second-order valence-corrected chi connectivity index (χ2v) is 8.74. The van der Waals surface area contributed by atoms with Crippen LogP contribution in [0, 0.1) is 0 Å². The van der Waals surface area contributed by atoms with Crippen LogP contribution in [0.5, 0.6) is 11.5 Å². The molecule has 8 heteroatoms. The number of rotatable bonds is 12. The normalized spacial score (nSPS) is 11.0. The molecule has 0 heterocycles. The predicted molar refractivity (Wildman–Crippen MR) is 119 cm³/mol. The molecule has 0 unspecified atom stereocenters. The van der Waals surface area contributed by atoms with Crippen LogP contribution in [0.1, 0.15) is 25.3 Å². The van der Waals surface area contributed by atoms with Crippen molar-refractivity contribution in [2.24, 2.45) is 0 Å². The summed E-state index contributed by atoms with van der Waals surface area (Å²) in [6.07, 6.45) is 2.77. The van der Waals surface area contributed by atoms with Crippen molar-refractivity contribution in [3.05, 3.63) is 54.1 Å². The third-order valence-corrected chi connectivity index (χ3v) is 5.74. The number of methoxy groups -OCH3 is 1. The molecule has 0 saturated heterocycles. The summed E-state index contributed by atoms with van der Waals surface area (Å²) in [6, 6.07) is 14.6. The van der Waals surface area contributed by atoms with Crippen LogP contribution in [-0.4, -0.2) is 47.4 Å². The van der Waals surface area contributed by atoms with Gasteiger partial charge in [0.1, 0.15) is 18.1 Å². The largest absolute Gasteiger partial charge is 0.497 e. The Bertz CT molecular complexity index is 896. The van der Waals surface area contributed by atoms with Crippen LogP contribution in [0.3, 0.4) is 0 Å². The van der Waals surface area contributed by atoms with Crippen molar-refractivity contribution in [3.8, 4) is 11.5 Å². The number of hydrogen-bond acceptors (Lipinski definition) is 5. The Morgan fingerprint density at radius 3 is 2.23 bits per heavy atom. The standard InChI is InChI=1S/C22H30N2O5S/c1-4-18-7-11-21(12-8-18)29-17-15-23-22(25)6-5-16-24(30(3,26)27)19-9-13-20(28-2)14-10-19/h7-14H,4-6,15-17H2,1-3H3,(H,23,25). The third kappa shape index (κ3) is 7.59. The Kier molecular flexibility index (Phi) is 8.98. The SMILES string of the molecule is CCc1ccc(OCCNC(=O)CCCN(c2ccc(OC)cc2)S(C)(=O)=O)cc1. The lowest BCUT2D eigenvalue weighted by molar-refractivity contribution is -0.121. The third-order valence-electron chi connectivity index (χ3n) is 4.55.